The van der Waals surface area contributed by atoms with Crippen molar-refractivity contribution >= 4 is 16.9 Å². The molecule has 2 aromatic rings. The van der Waals surface area contributed by atoms with Crippen LogP contribution in [0.15, 0.2) is 18.6 Å². The van der Waals surface area contributed by atoms with E-state index in [4.69, 9.17) is 0 Å². The minimum Gasteiger partial charge on any atom is -0.368 e. The van der Waals surface area contributed by atoms with Gasteiger partial charge in [0.25, 0.3) is 0 Å². The molecule has 1 saturated carbocycles. The van der Waals surface area contributed by atoms with Crippen LogP contribution in [-0.2, 0) is 7.05 Å². The quantitative estimate of drug-likeness (QED) is 0.919. The van der Waals surface area contributed by atoms with Crippen LogP contribution in [0, 0.1) is 11.8 Å². The number of hydrogen-bond donors (Lipinski definition) is 1. The molecule has 4 heteroatoms. The lowest BCUT2D eigenvalue weighted by Gasteiger charge is -2.26. The van der Waals surface area contributed by atoms with Gasteiger partial charge in [0.2, 0.25) is 0 Å². The SMILES string of the molecule is CC1CCC(CNc2nccc3c2ncn3C)CC1. The molecule has 0 atom stereocenters. The minimum atomic E-state index is 0.789. The fraction of sp³-hybridized carbons (Fsp3) is 0.600. The predicted octanol–water partition coefficient (Wildman–Crippen LogP) is 3.21. The van der Waals surface area contributed by atoms with E-state index >= 15 is 0 Å². The third kappa shape index (κ3) is 2.57. The van der Waals surface area contributed by atoms with Crippen LogP contribution >= 0.6 is 0 Å². The van der Waals surface area contributed by atoms with Gasteiger partial charge in [0.1, 0.15) is 5.52 Å². The summed E-state index contributed by atoms with van der Waals surface area (Å²) < 4.78 is 2.03. The van der Waals surface area contributed by atoms with Gasteiger partial charge in [0.05, 0.1) is 11.8 Å². The first-order chi connectivity index (χ1) is 9.24. The topological polar surface area (TPSA) is 42.7 Å². The van der Waals surface area contributed by atoms with E-state index in [1.54, 1.807) is 0 Å². The first-order valence-electron chi connectivity index (χ1n) is 7.24. The maximum Gasteiger partial charge on any atom is 0.154 e. The van der Waals surface area contributed by atoms with Crippen LogP contribution in [0.4, 0.5) is 5.82 Å². The predicted molar refractivity (Wildman–Crippen MR) is 78.1 cm³/mol. The highest BCUT2D eigenvalue weighted by molar-refractivity contribution is 5.85. The number of nitrogens with one attached hydrogen (secondary N) is 1. The number of pyridine rings is 1. The van der Waals surface area contributed by atoms with Crippen molar-refractivity contribution in [2.75, 3.05) is 11.9 Å². The Hall–Kier alpha value is -1.58. The Morgan fingerprint density at radius 2 is 2.05 bits per heavy atom. The molecule has 0 amide bonds. The van der Waals surface area contributed by atoms with E-state index in [0.717, 1.165) is 35.2 Å². The van der Waals surface area contributed by atoms with Gasteiger partial charge in [0, 0.05) is 19.8 Å². The van der Waals surface area contributed by atoms with Crippen molar-refractivity contribution in [3.05, 3.63) is 18.6 Å². The van der Waals surface area contributed by atoms with E-state index in [9.17, 15) is 0 Å². The van der Waals surface area contributed by atoms with Crippen molar-refractivity contribution in [2.24, 2.45) is 18.9 Å². The van der Waals surface area contributed by atoms with E-state index in [2.05, 4.69) is 22.2 Å². The molecule has 1 fully saturated rings. The third-order valence-corrected chi connectivity index (χ3v) is 4.34. The van der Waals surface area contributed by atoms with Crippen LogP contribution < -0.4 is 5.32 Å². The summed E-state index contributed by atoms with van der Waals surface area (Å²) in [4.78, 5) is 8.86. The van der Waals surface area contributed by atoms with E-state index in [-0.39, 0.29) is 0 Å². The number of fused-ring (bicyclic) bond motifs is 1. The Bertz CT molecular complexity index is 552. The summed E-state index contributed by atoms with van der Waals surface area (Å²) in [6.45, 7) is 3.38. The molecule has 0 spiro atoms. The van der Waals surface area contributed by atoms with Crippen molar-refractivity contribution in [1.82, 2.24) is 14.5 Å². The molecule has 0 aliphatic heterocycles. The molecule has 0 saturated heterocycles. The van der Waals surface area contributed by atoms with Crippen molar-refractivity contribution in [3.63, 3.8) is 0 Å². The Morgan fingerprint density at radius 1 is 1.26 bits per heavy atom. The molecule has 1 aliphatic carbocycles. The molecule has 1 N–H and O–H groups in total. The number of nitrogens with zero attached hydrogens (tertiary/aromatic N) is 3. The van der Waals surface area contributed by atoms with E-state index < -0.39 is 0 Å². The maximum absolute atomic E-state index is 4.43. The van der Waals surface area contributed by atoms with Gasteiger partial charge in [0.15, 0.2) is 5.82 Å². The second-order valence-electron chi connectivity index (χ2n) is 5.89. The average Bonchev–Trinajstić information content (AvgIpc) is 2.81. The smallest absolute Gasteiger partial charge is 0.154 e. The number of imidazole rings is 1. The lowest BCUT2D eigenvalue weighted by atomic mass is 9.83. The monoisotopic (exact) mass is 258 g/mol. The van der Waals surface area contributed by atoms with Crippen molar-refractivity contribution in [2.45, 2.75) is 32.6 Å². The zero-order valence-corrected chi connectivity index (χ0v) is 11.8. The lowest BCUT2D eigenvalue weighted by molar-refractivity contribution is 0.300. The van der Waals surface area contributed by atoms with Gasteiger partial charge in [-0.3, -0.25) is 0 Å². The fourth-order valence-electron chi connectivity index (χ4n) is 2.97. The van der Waals surface area contributed by atoms with Gasteiger partial charge in [-0.25, -0.2) is 9.97 Å². The van der Waals surface area contributed by atoms with Gasteiger partial charge < -0.3 is 9.88 Å². The molecule has 2 aromatic heterocycles. The molecule has 102 valence electrons. The Morgan fingerprint density at radius 3 is 2.84 bits per heavy atom. The van der Waals surface area contributed by atoms with E-state index in [0.29, 0.717) is 0 Å². The van der Waals surface area contributed by atoms with Crippen molar-refractivity contribution < 1.29 is 0 Å². The van der Waals surface area contributed by atoms with Crippen molar-refractivity contribution in [1.29, 1.82) is 0 Å². The van der Waals surface area contributed by atoms with Crippen LogP contribution in [0.2, 0.25) is 0 Å². The molecular weight excluding hydrogens is 236 g/mol. The summed E-state index contributed by atoms with van der Waals surface area (Å²) in [6.07, 6.45) is 9.12. The normalized spacial score (nSPS) is 23.7. The average molecular weight is 258 g/mol. The second-order valence-corrected chi connectivity index (χ2v) is 5.89. The first kappa shape index (κ1) is 12.5. The highest BCUT2D eigenvalue weighted by Gasteiger charge is 2.18. The summed E-state index contributed by atoms with van der Waals surface area (Å²) in [5.41, 5.74) is 2.11. The van der Waals surface area contributed by atoms with Crippen LogP contribution in [-0.4, -0.2) is 21.1 Å². The molecule has 19 heavy (non-hydrogen) atoms. The molecule has 0 radical (unpaired) electrons. The molecule has 4 nitrogen and oxygen atoms in total. The number of aryl methyl sites for hydroxylation is 1. The number of anilines is 1. The third-order valence-electron chi connectivity index (χ3n) is 4.34. The maximum atomic E-state index is 4.43. The van der Waals surface area contributed by atoms with Crippen LogP contribution in [0.5, 0.6) is 0 Å². The fourth-order valence-corrected chi connectivity index (χ4v) is 2.97. The van der Waals surface area contributed by atoms with Gasteiger partial charge in [-0.1, -0.05) is 19.8 Å². The van der Waals surface area contributed by atoms with Gasteiger partial charge in [-0.15, -0.1) is 0 Å². The summed E-state index contributed by atoms with van der Waals surface area (Å²) in [6, 6.07) is 2.01. The molecular formula is C15H22N4. The molecule has 2 heterocycles. The lowest BCUT2D eigenvalue weighted by Crippen LogP contribution is -2.20. The number of rotatable bonds is 3. The Labute approximate surface area is 114 Å². The molecule has 0 aromatic carbocycles. The number of hydrogen-bond acceptors (Lipinski definition) is 3. The van der Waals surface area contributed by atoms with Crippen LogP contribution in [0.1, 0.15) is 32.6 Å². The number of aromatic nitrogens is 3. The molecule has 1 aliphatic rings. The van der Waals surface area contributed by atoms with Gasteiger partial charge >= 0.3 is 0 Å². The Balaban J connectivity index is 1.68. The highest BCUT2D eigenvalue weighted by atomic mass is 15.1. The summed E-state index contributed by atoms with van der Waals surface area (Å²) >= 11 is 0. The largest absolute Gasteiger partial charge is 0.368 e. The van der Waals surface area contributed by atoms with E-state index in [1.165, 1.54) is 25.7 Å². The van der Waals surface area contributed by atoms with Gasteiger partial charge in [-0.2, -0.15) is 0 Å². The second kappa shape index (κ2) is 5.19. The Kier molecular flexibility index (Phi) is 3.40. The van der Waals surface area contributed by atoms with E-state index in [1.807, 2.05) is 30.2 Å². The molecule has 0 bridgehead atoms. The zero-order chi connectivity index (χ0) is 13.2. The summed E-state index contributed by atoms with van der Waals surface area (Å²) in [7, 11) is 2.02. The molecule has 3 rings (SSSR count). The standard InChI is InChI=1S/C15H22N4/c1-11-3-5-12(6-4-11)9-17-15-14-13(7-8-16-15)19(2)10-18-14/h7-8,10-12H,3-6,9H2,1-2H3,(H,16,17). The highest BCUT2D eigenvalue weighted by Crippen LogP contribution is 2.28. The minimum absolute atomic E-state index is 0.789. The first-order valence-corrected chi connectivity index (χ1v) is 7.24. The molecule has 0 unspecified atom stereocenters. The summed E-state index contributed by atoms with van der Waals surface area (Å²) in [5, 5.41) is 3.50. The zero-order valence-electron chi connectivity index (χ0n) is 11.8. The summed E-state index contributed by atoms with van der Waals surface area (Å²) in [5.74, 6) is 2.63. The van der Waals surface area contributed by atoms with Crippen molar-refractivity contribution in [3.8, 4) is 0 Å². The van der Waals surface area contributed by atoms with Crippen LogP contribution in [0.25, 0.3) is 11.0 Å². The van der Waals surface area contributed by atoms with Crippen LogP contribution in [0.3, 0.4) is 0 Å². The van der Waals surface area contributed by atoms with Gasteiger partial charge in [-0.05, 0) is 30.7 Å².